The first-order valence-corrected chi connectivity index (χ1v) is 5.56. The van der Waals surface area contributed by atoms with Crippen LogP contribution in [0, 0.1) is 13.8 Å². The summed E-state index contributed by atoms with van der Waals surface area (Å²) in [7, 11) is 1.82. The van der Waals surface area contributed by atoms with Gasteiger partial charge in [-0.2, -0.15) is 5.10 Å². The van der Waals surface area contributed by atoms with Crippen molar-refractivity contribution in [3.63, 3.8) is 0 Å². The van der Waals surface area contributed by atoms with Crippen LogP contribution in [0.2, 0.25) is 0 Å². The van der Waals surface area contributed by atoms with Crippen molar-refractivity contribution in [1.29, 1.82) is 0 Å². The van der Waals surface area contributed by atoms with Gasteiger partial charge in [0.25, 0.3) is 0 Å². The molecule has 0 amide bonds. The molecule has 0 aliphatic rings. The molecule has 2 aromatic rings. The third-order valence-electron chi connectivity index (χ3n) is 2.33. The van der Waals surface area contributed by atoms with E-state index in [0.717, 1.165) is 16.1 Å². The van der Waals surface area contributed by atoms with E-state index < -0.39 is 0 Å². The van der Waals surface area contributed by atoms with E-state index in [-0.39, 0.29) is 5.78 Å². The average molecular weight is 220 g/mol. The van der Waals surface area contributed by atoms with Crippen molar-refractivity contribution in [2.24, 2.45) is 7.05 Å². The largest absolute Gasteiger partial charge is 0.288 e. The van der Waals surface area contributed by atoms with Crippen molar-refractivity contribution >= 4 is 17.1 Å². The molecule has 0 spiro atoms. The van der Waals surface area contributed by atoms with Crippen LogP contribution < -0.4 is 0 Å². The normalized spacial score (nSPS) is 10.6. The summed E-state index contributed by atoms with van der Waals surface area (Å²) in [5.41, 5.74) is 2.52. The van der Waals surface area contributed by atoms with Gasteiger partial charge < -0.3 is 0 Å². The van der Waals surface area contributed by atoms with E-state index in [1.165, 1.54) is 11.3 Å². The average Bonchev–Trinajstić information content (AvgIpc) is 2.71. The van der Waals surface area contributed by atoms with Gasteiger partial charge in [-0.05, 0) is 30.9 Å². The fraction of sp³-hybridized carbons (Fsp3) is 0.273. The summed E-state index contributed by atoms with van der Waals surface area (Å²) in [6.45, 7) is 3.81. The zero-order valence-electron chi connectivity index (χ0n) is 8.94. The minimum Gasteiger partial charge on any atom is -0.288 e. The lowest BCUT2D eigenvalue weighted by molar-refractivity contribution is 0.104. The quantitative estimate of drug-likeness (QED) is 0.728. The summed E-state index contributed by atoms with van der Waals surface area (Å²) >= 11 is 1.48. The first-order valence-electron chi connectivity index (χ1n) is 4.68. The molecule has 0 radical (unpaired) electrons. The summed E-state index contributed by atoms with van der Waals surface area (Å²) in [5.74, 6) is 0.0769. The molecule has 0 unspecified atom stereocenters. The first-order chi connectivity index (χ1) is 7.09. The molecule has 15 heavy (non-hydrogen) atoms. The van der Waals surface area contributed by atoms with Crippen LogP contribution >= 0.6 is 11.3 Å². The third kappa shape index (κ3) is 1.72. The van der Waals surface area contributed by atoms with Gasteiger partial charge in [-0.3, -0.25) is 9.48 Å². The standard InChI is InChI=1S/C11H12N2OS/c1-7-4-5-15-11(7)10(14)9-6-13(3)12-8(9)2/h4-6H,1-3H3. The SMILES string of the molecule is Cc1ccsc1C(=O)c1cn(C)nc1C. The van der Waals surface area contributed by atoms with Crippen LogP contribution in [0.15, 0.2) is 17.6 Å². The molecule has 0 aliphatic heterocycles. The van der Waals surface area contributed by atoms with Crippen molar-refractivity contribution in [1.82, 2.24) is 9.78 Å². The molecule has 78 valence electrons. The molecular weight excluding hydrogens is 208 g/mol. The molecule has 0 aromatic carbocycles. The number of carbonyl (C=O) groups excluding carboxylic acids is 1. The molecule has 0 saturated heterocycles. The maximum Gasteiger partial charge on any atom is 0.206 e. The van der Waals surface area contributed by atoms with Crippen LogP contribution in [0.4, 0.5) is 0 Å². The Kier molecular flexibility index (Phi) is 2.44. The topological polar surface area (TPSA) is 34.9 Å². The highest BCUT2D eigenvalue weighted by molar-refractivity contribution is 7.12. The number of hydrogen-bond donors (Lipinski definition) is 0. The van der Waals surface area contributed by atoms with Gasteiger partial charge in [-0.25, -0.2) is 0 Å². The highest BCUT2D eigenvalue weighted by atomic mass is 32.1. The zero-order valence-corrected chi connectivity index (χ0v) is 9.76. The van der Waals surface area contributed by atoms with Crippen molar-refractivity contribution in [2.45, 2.75) is 13.8 Å². The number of rotatable bonds is 2. The molecule has 3 nitrogen and oxygen atoms in total. The van der Waals surface area contributed by atoms with Gasteiger partial charge >= 0.3 is 0 Å². The lowest BCUT2D eigenvalue weighted by Gasteiger charge is -1.96. The summed E-state index contributed by atoms with van der Waals surface area (Å²) in [5, 5.41) is 6.11. The van der Waals surface area contributed by atoms with Gasteiger partial charge in [0, 0.05) is 13.2 Å². The Hall–Kier alpha value is -1.42. The molecule has 2 rings (SSSR count). The predicted molar refractivity (Wildman–Crippen MR) is 60.4 cm³/mol. The van der Waals surface area contributed by atoms with E-state index in [2.05, 4.69) is 5.10 Å². The summed E-state index contributed by atoms with van der Waals surface area (Å²) in [6.07, 6.45) is 1.77. The Bertz CT molecular complexity index is 510. The molecule has 0 N–H and O–H groups in total. The number of aryl methyl sites for hydroxylation is 3. The number of hydrogen-bond acceptors (Lipinski definition) is 3. The zero-order chi connectivity index (χ0) is 11.0. The highest BCUT2D eigenvalue weighted by Gasteiger charge is 2.17. The van der Waals surface area contributed by atoms with Crippen LogP contribution in [0.1, 0.15) is 26.5 Å². The minimum atomic E-state index is 0.0769. The Morgan fingerprint density at radius 3 is 2.67 bits per heavy atom. The first kappa shape index (κ1) is 10.1. The molecular formula is C11H12N2OS. The van der Waals surface area contributed by atoms with E-state index in [4.69, 9.17) is 0 Å². The molecule has 2 aromatic heterocycles. The Morgan fingerprint density at radius 2 is 2.20 bits per heavy atom. The second-order valence-corrected chi connectivity index (χ2v) is 4.48. The summed E-state index contributed by atoms with van der Waals surface area (Å²) in [4.78, 5) is 12.9. The molecule has 4 heteroatoms. The number of nitrogens with zero attached hydrogens (tertiary/aromatic N) is 2. The van der Waals surface area contributed by atoms with Crippen molar-refractivity contribution in [3.8, 4) is 0 Å². The van der Waals surface area contributed by atoms with E-state index in [0.29, 0.717) is 5.56 Å². The fourth-order valence-corrected chi connectivity index (χ4v) is 2.43. The number of thiophene rings is 1. The Balaban J connectivity index is 2.45. The van der Waals surface area contributed by atoms with Crippen molar-refractivity contribution in [3.05, 3.63) is 39.3 Å². The van der Waals surface area contributed by atoms with Gasteiger partial charge in [0.1, 0.15) is 0 Å². The van der Waals surface area contributed by atoms with Gasteiger partial charge in [0.05, 0.1) is 16.1 Å². The molecule has 2 heterocycles. The maximum absolute atomic E-state index is 12.1. The lowest BCUT2D eigenvalue weighted by Crippen LogP contribution is -2.00. The molecule has 0 saturated carbocycles. The maximum atomic E-state index is 12.1. The minimum absolute atomic E-state index is 0.0769. The fourth-order valence-electron chi connectivity index (χ4n) is 1.55. The van der Waals surface area contributed by atoms with Crippen molar-refractivity contribution < 1.29 is 4.79 Å². The molecule has 0 bridgehead atoms. The van der Waals surface area contributed by atoms with Gasteiger partial charge in [0.2, 0.25) is 5.78 Å². The monoisotopic (exact) mass is 220 g/mol. The molecule has 0 aliphatic carbocycles. The van der Waals surface area contributed by atoms with Crippen LogP contribution in [0.3, 0.4) is 0 Å². The Labute approximate surface area is 92.4 Å². The van der Waals surface area contributed by atoms with Crippen LogP contribution in [-0.2, 0) is 7.05 Å². The Morgan fingerprint density at radius 1 is 1.47 bits per heavy atom. The second kappa shape index (κ2) is 3.62. The predicted octanol–water partition coefficient (Wildman–Crippen LogP) is 2.33. The van der Waals surface area contributed by atoms with Crippen LogP contribution in [0.5, 0.6) is 0 Å². The third-order valence-corrected chi connectivity index (χ3v) is 3.34. The van der Waals surface area contributed by atoms with Crippen LogP contribution in [-0.4, -0.2) is 15.6 Å². The second-order valence-electron chi connectivity index (χ2n) is 3.56. The van der Waals surface area contributed by atoms with E-state index >= 15 is 0 Å². The molecule has 0 atom stereocenters. The number of ketones is 1. The summed E-state index contributed by atoms with van der Waals surface area (Å²) < 4.78 is 1.67. The van der Waals surface area contributed by atoms with E-state index in [9.17, 15) is 4.79 Å². The van der Waals surface area contributed by atoms with Gasteiger partial charge in [-0.1, -0.05) is 0 Å². The smallest absolute Gasteiger partial charge is 0.206 e. The van der Waals surface area contributed by atoms with E-state index in [1.807, 2.05) is 32.3 Å². The van der Waals surface area contributed by atoms with E-state index in [1.54, 1.807) is 10.9 Å². The summed E-state index contributed by atoms with van der Waals surface area (Å²) in [6, 6.07) is 1.96. The van der Waals surface area contributed by atoms with Crippen molar-refractivity contribution in [2.75, 3.05) is 0 Å². The number of carbonyl (C=O) groups is 1. The van der Waals surface area contributed by atoms with Crippen LogP contribution in [0.25, 0.3) is 0 Å². The van der Waals surface area contributed by atoms with Gasteiger partial charge in [0.15, 0.2) is 0 Å². The highest BCUT2D eigenvalue weighted by Crippen LogP contribution is 2.21. The molecule has 0 fully saturated rings. The number of aromatic nitrogens is 2. The lowest BCUT2D eigenvalue weighted by atomic mass is 10.1. The van der Waals surface area contributed by atoms with Gasteiger partial charge in [-0.15, -0.1) is 11.3 Å².